The fourth-order valence-electron chi connectivity index (χ4n) is 1.74. The van der Waals surface area contributed by atoms with Crippen LogP contribution in [-0.2, 0) is 17.8 Å². The number of nitrogens with zero attached hydrogens (tertiary/aromatic N) is 2. The summed E-state index contributed by atoms with van der Waals surface area (Å²) in [5, 5.41) is 0. The molecule has 0 atom stereocenters. The molecule has 0 aliphatic heterocycles. The second kappa shape index (κ2) is 6.60. The summed E-state index contributed by atoms with van der Waals surface area (Å²) in [6.45, 7) is 0.431. The number of ether oxygens (including phenoxy) is 1. The van der Waals surface area contributed by atoms with Gasteiger partial charge in [-0.15, -0.1) is 0 Å². The van der Waals surface area contributed by atoms with Gasteiger partial charge in [-0.25, -0.2) is 15.8 Å². The van der Waals surface area contributed by atoms with Crippen LogP contribution in [0.4, 0.5) is 5.82 Å². The minimum Gasteiger partial charge on any atom is -0.378 e. The zero-order valence-electron chi connectivity index (χ0n) is 10.6. The maximum atomic E-state index is 5.42. The number of nitrogens with one attached hydrogen (secondary N) is 1. The third kappa shape index (κ3) is 3.73. The molecule has 1 heterocycles. The van der Waals surface area contributed by atoms with Gasteiger partial charge in [0.05, 0.1) is 12.3 Å². The Hall–Kier alpha value is -1.50. The van der Waals surface area contributed by atoms with Crippen molar-refractivity contribution in [3.8, 4) is 0 Å². The number of nitrogens with two attached hydrogens (primary N) is 1. The molecular weight excluding hydrogens is 308 g/mol. The molecule has 0 saturated carbocycles. The van der Waals surface area contributed by atoms with E-state index < -0.39 is 0 Å². The van der Waals surface area contributed by atoms with Crippen LogP contribution in [0, 0.1) is 0 Å². The van der Waals surface area contributed by atoms with Gasteiger partial charge in [0.15, 0.2) is 0 Å². The first-order valence-corrected chi connectivity index (χ1v) is 6.58. The van der Waals surface area contributed by atoms with E-state index in [9.17, 15) is 0 Å². The maximum Gasteiger partial charge on any atom is 0.144 e. The molecular formula is C13H15BrN4O. The van der Waals surface area contributed by atoms with Gasteiger partial charge in [-0.3, -0.25) is 0 Å². The van der Waals surface area contributed by atoms with Crippen LogP contribution in [0.5, 0.6) is 0 Å². The van der Waals surface area contributed by atoms with Gasteiger partial charge < -0.3 is 10.2 Å². The van der Waals surface area contributed by atoms with Crippen LogP contribution in [0.25, 0.3) is 0 Å². The predicted octanol–water partition coefficient (Wildman–Crippen LogP) is 2.26. The van der Waals surface area contributed by atoms with Gasteiger partial charge in [-0.1, -0.05) is 34.1 Å². The van der Waals surface area contributed by atoms with Crippen LogP contribution >= 0.6 is 15.9 Å². The first kappa shape index (κ1) is 13.9. The Bertz CT molecular complexity index is 562. The summed E-state index contributed by atoms with van der Waals surface area (Å²) < 4.78 is 6.13. The van der Waals surface area contributed by atoms with Crippen LogP contribution in [-0.4, -0.2) is 17.1 Å². The quantitative estimate of drug-likeness (QED) is 0.652. The summed E-state index contributed by atoms with van der Waals surface area (Å²) in [4.78, 5) is 8.80. The molecule has 100 valence electrons. The van der Waals surface area contributed by atoms with Crippen molar-refractivity contribution < 1.29 is 4.74 Å². The Labute approximate surface area is 120 Å². The zero-order valence-corrected chi connectivity index (χ0v) is 12.1. The van der Waals surface area contributed by atoms with Gasteiger partial charge in [0, 0.05) is 24.1 Å². The highest BCUT2D eigenvalue weighted by Crippen LogP contribution is 2.19. The lowest BCUT2D eigenvalue weighted by atomic mass is 10.1. The highest BCUT2D eigenvalue weighted by molar-refractivity contribution is 9.10. The van der Waals surface area contributed by atoms with E-state index in [4.69, 9.17) is 10.6 Å². The smallest absolute Gasteiger partial charge is 0.144 e. The van der Waals surface area contributed by atoms with Gasteiger partial charge in [0.1, 0.15) is 11.6 Å². The molecule has 0 aliphatic rings. The van der Waals surface area contributed by atoms with E-state index in [0.717, 1.165) is 15.7 Å². The molecule has 0 aliphatic carbocycles. The van der Waals surface area contributed by atoms with Crippen LogP contribution < -0.4 is 11.3 Å². The summed E-state index contributed by atoms with van der Waals surface area (Å²) in [7, 11) is 1.63. The van der Waals surface area contributed by atoms with Crippen molar-refractivity contribution >= 4 is 21.7 Å². The summed E-state index contributed by atoms with van der Waals surface area (Å²) in [6, 6.07) is 9.76. The van der Waals surface area contributed by atoms with E-state index in [1.165, 1.54) is 0 Å². The molecule has 1 aromatic carbocycles. The number of halogens is 1. The first-order chi connectivity index (χ1) is 9.22. The van der Waals surface area contributed by atoms with E-state index >= 15 is 0 Å². The average Bonchev–Trinajstić information content (AvgIpc) is 2.41. The minimum absolute atomic E-state index is 0.431. The fraction of sp³-hybridized carbons (Fsp3) is 0.231. The Morgan fingerprint density at radius 1 is 1.32 bits per heavy atom. The molecule has 1 aromatic heterocycles. The molecule has 2 aromatic rings. The molecule has 6 heteroatoms. The van der Waals surface area contributed by atoms with E-state index in [-0.39, 0.29) is 0 Å². The second-order valence-corrected chi connectivity index (χ2v) is 4.86. The normalized spacial score (nSPS) is 10.5. The number of anilines is 1. The summed E-state index contributed by atoms with van der Waals surface area (Å²) in [5.41, 5.74) is 4.47. The fourth-order valence-corrected chi connectivity index (χ4v) is 2.16. The van der Waals surface area contributed by atoms with Crippen molar-refractivity contribution in [2.45, 2.75) is 13.0 Å². The number of nitrogen functional groups attached to an aromatic ring is 1. The van der Waals surface area contributed by atoms with Crippen LogP contribution in [0.15, 0.2) is 34.8 Å². The molecule has 0 bridgehead atoms. The number of aromatic nitrogens is 2. The van der Waals surface area contributed by atoms with Gasteiger partial charge in [0.25, 0.3) is 0 Å². The molecule has 0 saturated heterocycles. The van der Waals surface area contributed by atoms with Crippen molar-refractivity contribution in [3.05, 3.63) is 51.9 Å². The van der Waals surface area contributed by atoms with Crippen LogP contribution in [0.1, 0.15) is 17.1 Å². The Morgan fingerprint density at radius 2 is 2.11 bits per heavy atom. The van der Waals surface area contributed by atoms with Crippen molar-refractivity contribution in [3.63, 3.8) is 0 Å². The number of hydrogen-bond acceptors (Lipinski definition) is 5. The van der Waals surface area contributed by atoms with E-state index in [1.54, 1.807) is 13.2 Å². The lowest BCUT2D eigenvalue weighted by Crippen LogP contribution is -2.12. The molecule has 3 N–H and O–H groups in total. The standard InChI is InChI=1S/C13H15BrN4O/c1-19-8-10-7-13(18-15)17-12(16-10)6-9-4-2-3-5-11(9)14/h2-5,7H,6,8,15H2,1H3,(H,16,17,18). The number of hydrazine groups is 1. The lowest BCUT2D eigenvalue weighted by molar-refractivity contribution is 0.181. The van der Waals surface area contributed by atoms with Crippen LogP contribution in [0.3, 0.4) is 0 Å². The van der Waals surface area contributed by atoms with Crippen molar-refractivity contribution in [1.82, 2.24) is 9.97 Å². The topological polar surface area (TPSA) is 73.1 Å². The van der Waals surface area contributed by atoms with Crippen molar-refractivity contribution in [2.24, 2.45) is 5.84 Å². The van der Waals surface area contributed by atoms with Gasteiger partial charge in [-0.05, 0) is 11.6 Å². The first-order valence-electron chi connectivity index (χ1n) is 5.78. The van der Waals surface area contributed by atoms with E-state index in [1.807, 2.05) is 24.3 Å². The van der Waals surface area contributed by atoms with Crippen LogP contribution in [0.2, 0.25) is 0 Å². The van der Waals surface area contributed by atoms with Crippen molar-refractivity contribution in [1.29, 1.82) is 0 Å². The molecule has 2 rings (SSSR count). The number of hydrogen-bond donors (Lipinski definition) is 2. The predicted molar refractivity (Wildman–Crippen MR) is 77.5 cm³/mol. The average molecular weight is 323 g/mol. The molecule has 0 spiro atoms. The third-order valence-corrected chi connectivity index (χ3v) is 3.35. The summed E-state index contributed by atoms with van der Waals surface area (Å²) in [5.74, 6) is 6.71. The lowest BCUT2D eigenvalue weighted by Gasteiger charge is -2.08. The molecule has 0 amide bonds. The van der Waals surface area contributed by atoms with E-state index in [2.05, 4.69) is 31.3 Å². The number of rotatable bonds is 5. The molecule has 0 fully saturated rings. The highest BCUT2D eigenvalue weighted by atomic mass is 79.9. The largest absolute Gasteiger partial charge is 0.378 e. The van der Waals surface area contributed by atoms with Gasteiger partial charge in [-0.2, -0.15) is 0 Å². The zero-order chi connectivity index (χ0) is 13.7. The maximum absolute atomic E-state index is 5.42. The monoisotopic (exact) mass is 322 g/mol. The Balaban J connectivity index is 2.29. The minimum atomic E-state index is 0.431. The van der Waals surface area contributed by atoms with Gasteiger partial charge >= 0.3 is 0 Å². The van der Waals surface area contributed by atoms with Gasteiger partial charge in [0.2, 0.25) is 0 Å². The second-order valence-electron chi connectivity index (χ2n) is 4.01. The molecule has 5 nitrogen and oxygen atoms in total. The summed E-state index contributed by atoms with van der Waals surface area (Å²) in [6.07, 6.45) is 0.633. The number of benzene rings is 1. The Kier molecular flexibility index (Phi) is 4.84. The van der Waals surface area contributed by atoms with Crippen molar-refractivity contribution in [2.75, 3.05) is 12.5 Å². The summed E-state index contributed by atoms with van der Waals surface area (Å²) >= 11 is 3.52. The Morgan fingerprint density at radius 3 is 2.79 bits per heavy atom. The SMILES string of the molecule is COCc1cc(NN)nc(Cc2ccccc2Br)n1. The highest BCUT2D eigenvalue weighted by Gasteiger charge is 2.07. The number of methoxy groups -OCH3 is 1. The molecule has 19 heavy (non-hydrogen) atoms. The molecule has 0 radical (unpaired) electrons. The molecule has 0 unspecified atom stereocenters. The van der Waals surface area contributed by atoms with E-state index in [0.29, 0.717) is 24.7 Å². The third-order valence-electron chi connectivity index (χ3n) is 2.57.